The lowest BCUT2D eigenvalue weighted by atomic mass is 10.2. The molecule has 2 aliphatic rings. The van der Waals surface area contributed by atoms with Gasteiger partial charge in [0.1, 0.15) is 17.3 Å². The molecule has 3 aromatic rings. The van der Waals surface area contributed by atoms with E-state index in [-0.39, 0.29) is 23.8 Å². The van der Waals surface area contributed by atoms with E-state index in [1.54, 1.807) is 16.8 Å². The third-order valence-electron chi connectivity index (χ3n) is 6.86. The van der Waals surface area contributed by atoms with E-state index in [1.165, 1.54) is 0 Å². The van der Waals surface area contributed by atoms with Crippen molar-refractivity contribution >= 4 is 28.4 Å². The normalized spacial score (nSPS) is 17.2. The third-order valence-corrected chi connectivity index (χ3v) is 6.86. The van der Waals surface area contributed by atoms with Gasteiger partial charge < -0.3 is 15.3 Å². The van der Waals surface area contributed by atoms with E-state index < -0.39 is 0 Å². The Labute approximate surface area is 198 Å². The summed E-state index contributed by atoms with van der Waals surface area (Å²) in [4.78, 5) is 26.7. The zero-order valence-electron chi connectivity index (χ0n) is 19.2. The molecule has 1 saturated carbocycles. The molecule has 5 rings (SSSR count). The molecule has 2 N–H and O–H groups in total. The average molecular weight is 460 g/mol. The fraction of sp³-hybridized carbons (Fsp3) is 0.440. The van der Waals surface area contributed by atoms with Gasteiger partial charge in [-0.3, -0.25) is 14.3 Å². The van der Waals surface area contributed by atoms with Crippen molar-refractivity contribution in [1.29, 1.82) is 5.26 Å². The Bertz CT molecular complexity index is 1250. The molecule has 0 atom stereocenters. The highest BCUT2D eigenvalue weighted by Gasteiger charge is 2.23. The average Bonchev–Trinajstić information content (AvgIpc) is 3.39. The number of nitriles is 1. The summed E-state index contributed by atoms with van der Waals surface area (Å²) in [6.07, 6.45) is 5.68. The second-order valence-electron chi connectivity index (χ2n) is 8.98. The summed E-state index contributed by atoms with van der Waals surface area (Å²) in [6.45, 7) is 4.69. The first-order chi connectivity index (χ1) is 16.7. The number of β-amino-alcohol motifs (C(OH)–C–C–N with tert-alkyl or cyclic N) is 1. The van der Waals surface area contributed by atoms with Gasteiger partial charge in [-0.25, -0.2) is 4.98 Å². The van der Waals surface area contributed by atoms with Gasteiger partial charge in [0.15, 0.2) is 0 Å². The topological polar surface area (TPSA) is 110 Å². The number of benzene rings is 1. The minimum Gasteiger partial charge on any atom is -0.395 e. The highest BCUT2D eigenvalue weighted by molar-refractivity contribution is 5.77. The second-order valence-corrected chi connectivity index (χ2v) is 8.98. The van der Waals surface area contributed by atoms with Crippen LogP contribution in [-0.4, -0.2) is 63.9 Å². The quantitative estimate of drug-likeness (QED) is 0.579. The monoisotopic (exact) mass is 459 g/mol. The molecule has 0 radical (unpaired) electrons. The predicted molar refractivity (Wildman–Crippen MR) is 131 cm³/mol. The molecule has 0 unspecified atom stereocenters. The van der Waals surface area contributed by atoms with Gasteiger partial charge in [0.25, 0.3) is 5.56 Å². The number of piperazine rings is 1. The van der Waals surface area contributed by atoms with Crippen LogP contribution in [0.1, 0.15) is 37.3 Å². The van der Waals surface area contributed by atoms with E-state index >= 15 is 0 Å². The van der Waals surface area contributed by atoms with Crippen LogP contribution in [0, 0.1) is 11.3 Å². The molecular formula is C25H29N7O2. The highest BCUT2D eigenvalue weighted by Crippen LogP contribution is 2.31. The van der Waals surface area contributed by atoms with Crippen molar-refractivity contribution in [3.8, 4) is 6.07 Å². The number of aliphatic hydroxyl groups excluding tert-OH is 1. The molecule has 0 spiro atoms. The zero-order chi connectivity index (χ0) is 23.5. The van der Waals surface area contributed by atoms with Crippen LogP contribution >= 0.6 is 0 Å². The maximum atomic E-state index is 13.0. The molecule has 1 saturated heterocycles. The zero-order valence-corrected chi connectivity index (χ0v) is 19.2. The number of anilines is 3. The molecule has 9 nitrogen and oxygen atoms in total. The van der Waals surface area contributed by atoms with E-state index in [0.717, 1.165) is 69.8 Å². The van der Waals surface area contributed by atoms with Crippen molar-refractivity contribution in [2.75, 3.05) is 49.5 Å². The molecule has 176 valence electrons. The van der Waals surface area contributed by atoms with Crippen LogP contribution in [0.25, 0.3) is 11.0 Å². The smallest absolute Gasteiger partial charge is 0.270 e. The summed E-state index contributed by atoms with van der Waals surface area (Å²) in [5, 5.41) is 22.5. The van der Waals surface area contributed by atoms with Crippen LogP contribution in [0.4, 0.5) is 17.3 Å². The molecule has 1 aromatic carbocycles. The minimum atomic E-state index is -0.269. The molecule has 0 bridgehead atoms. The van der Waals surface area contributed by atoms with Crippen LogP contribution in [-0.2, 0) is 0 Å². The first-order valence-corrected chi connectivity index (χ1v) is 11.9. The molecule has 2 fully saturated rings. The van der Waals surface area contributed by atoms with Crippen LogP contribution in [0.5, 0.6) is 0 Å². The van der Waals surface area contributed by atoms with E-state index in [1.807, 2.05) is 18.2 Å². The van der Waals surface area contributed by atoms with Gasteiger partial charge in [0, 0.05) is 61.7 Å². The summed E-state index contributed by atoms with van der Waals surface area (Å²) in [7, 11) is 0. The Morgan fingerprint density at radius 1 is 1.12 bits per heavy atom. The summed E-state index contributed by atoms with van der Waals surface area (Å²) >= 11 is 0. The van der Waals surface area contributed by atoms with Crippen molar-refractivity contribution in [2.45, 2.75) is 31.7 Å². The van der Waals surface area contributed by atoms with Gasteiger partial charge >= 0.3 is 0 Å². The summed E-state index contributed by atoms with van der Waals surface area (Å²) in [5.41, 5.74) is 2.47. The number of aromatic nitrogens is 3. The maximum absolute atomic E-state index is 13.0. The molecular weight excluding hydrogens is 430 g/mol. The van der Waals surface area contributed by atoms with Crippen LogP contribution in [0.2, 0.25) is 0 Å². The largest absolute Gasteiger partial charge is 0.395 e. The Hall–Kier alpha value is -3.48. The Morgan fingerprint density at radius 3 is 2.53 bits per heavy atom. The SMILES string of the molecule is N#Cc1cc2cnc(Nc3ccc(N4CCN(CCO)CC4)cc3)nc2n(C2CCCC2)c1=O. The predicted octanol–water partition coefficient (Wildman–Crippen LogP) is 2.64. The van der Waals surface area contributed by atoms with Gasteiger partial charge in [0.05, 0.1) is 6.61 Å². The minimum absolute atomic E-state index is 0.0724. The van der Waals surface area contributed by atoms with Crippen molar-refractivity contribution in [1.82, 2.24) is 19.4 Å². The molecule has 3 heterocycles. The summed E-state index contributed by atoms with van der Waals surface area (Å²) < 4.78 is 1.70. The number of hydrogen-bond donors (Lipinski definition) is 2. The van der Waals surface area contributed by atoms with E-state index in [9.17, 15) is 10.1 Å². The van der Waals surface area contributed by atoms with Gasteiger partial charge in [-0.2, -0.15) is 10.2 Å². The Balaban J connectivity index is 1.36. The molecule has 9 heteroatoms. The molecule has 0 amide bonds. The summed E-state index contributed by atoms with van der Waals surface area (Å²) in [5.74, 6) is 0.425. The van der Waals surface area contributed by atoms with E-state index in [2.05, 4.69) is 37.2 Å². The van der Waals surface area contributed by atoms with E-state index in [4.69, 9.17) is 5.11 Å². The van der Waals surface area contributed by atoms with Crippen molar-refractivity contribution in [2.24, 2.45) is 0 Å². The molecule has 2 aromatic heterocycles. The van der Waals surface area contributed by atoms with Gasteiger partial charge in [0.2, 0.25) is 5.95 Å². The third kappa shape index (κ3) is 4.47. The number of aliphatic hydroxyl groups is 1. The molecule has 1 aliphatic heterocycles. The maximum Gasteiger partial charge on any atom is 0.270 e. The highest BCUT2D eigenvalue weighted by atomic mass is 16.3. The van der Waals surface area contributed by atoms with Crippen LogP contribution in [0.3, 0.4) is 0 Å². The number of hydrogen-bond acceptors (Lipinski definition) is 8. The lowest BCUT2D eigenvalue weighted by molar-refractivity contribution is 0.189. The lowest BCUT2D eigenvalue weighted by Gasteiger charge is -2.35. The number of pyridine rings is 1. The number of nitrogens with one attached hydrogen (secondary N) is 1. The summed E-state index contributed by atoms with van der Waals surface area (Å²) in [6, 6.07) is 11.9. The Kier molecular flexibility index (Phi) is 6.43. The second kappa shape index (κ2) is 9.79. The van der Waals surface area contributed by atoms with Crippen LogP contribution in [0.15, 0.2) is 41.3 Å². The molecule has 34 heavy (non-hydrogen) atoms. The number of rotatable bonds is 6. The fourth-order valence-corrected chi connectivity index (χ4v) is 5.02. The lowest BCUT2D eigenvalue weighted by Crippen LogP contribution is -2.47. The Morgan fingerprint density at radius 2 is 1.85 bits per heavy atom. The fourth-order valence-electron chi connectivity index (χ4n) is 5.02. The van der Waals surface area contributed by atoms with Gasteiger partial charge in [-0.1, -0.05) is 12.8 Å². The van der Waals surface area contributed by atoms with Crippen LogP contribution < -0.4 is 15.8 Å². The molecule has 1 aliphatic carbocycles. The van der Waals surface area contributed by atoms with E-state index in [0.29, 0.717) is 17.0 Å². The first-order valence-electron chi connectivity index (χ1n) is 11.9. The standard InChI is InChI=1S/C25H29N7O2/c26-16-18-15-19-17-27-25(29-23(19)32(24(18)34)22-3-1-2-4-22)28-20-5-7-21(8-6-20)31-11-9-30(10-12-31)13-14-33/h5-8,15,17,22,33H,1-4,9-14H2,(H,27,28,29). The van der Waals surface area contributed by atoms with Gasteiger partial charge in [-0.05, 0) is 43.2 Å². The van der Waals surface area contributed by atoms with Gasteiger partial charge in [-0.15, -0.1) is 0 Å². The van der Waals surface area contributed by atoms with Crippen molar-refractivity contribution < 1.29 is 5.11 Å². The van der Waals surface area contributed by atoms with Crippen molar-refractivity contribution in [3.05, 3.63) is 52.4 Å². The number of nitrogens with zero attached hydrogens (tertiary/aromatic N) is 6. The first kappa shape index (κ1) is 22.3. The van der Waals surface area contributed by atoms with Crippen molar-refractivity contribution in [3.63, 3.8) is 0 Å². The number of fused-ring (bicyclic) bond motifs is 1.